The number of nitrogens with zero attached hydrogens (tertiary/aromatic N) is 2. The Balaban J connectivity index is 1.97. The van der Waals surface area contributed by atoms with Gasteiger partial charge >= 0.3 is 0 Å². The molecule has 3 nitrogen and oxygen atoms in total. The third-order valence-electron chi connectivity index (χ3n) is 3.90. The van der Waals surface area contributed by atoms with Crippen molar-refractivity contribution in [2.24, 2.45) is 5.41 Å². The highest BCUT2D eigenvalue weighted by molar-refractivity contribution is 7.17. The lowest BCUT2D eigenvalue weighted by Gasteiger charge is -2.26. The van der Waals surface area contributed by atoms with Crippen LogP contribution < -0.4 is 4.90 Å². The van der Waals surface area contributed by atoms with Crippen LogP contribution in [0.15, 0.2) is 24.3 Å². The Bertz CT molecular complexity index is 703. The average Bonchev–Trinajstić information content (AvgIpc) is 2.80. The molecule has 0 amide bonds. The molecule has 0 spiro atoms. The zero-order valence-corrected chi connectivity index (χ0v) is 13.8. The monoisotopic (exact) mass is 300 g/mol. The number of aromatic nitrogens is 1. The zero-order chi connectivity index (χ0) is 15.2. The Morgan fingerprint density at radius 1 is 1.29 bits per heavy atom. The molecule has 1 aromatic heterocycles. The highest BCUT2D eigenvalue weighted by Gasteiger charge is 2.34. The van der Waals surface area contributed by atoms with E-state index in [1.165, 1.54) is 16.9 Å². The summed E-state index contributed by atoms with van der Waals surface area (Å²) in [5.74, 6) is 0.239. The number of benzene rings is 1. The van der Waals surface area contributed by atoms with Crippen molar-refractivity contribution in [2.75, 3.05) is 11.9 Å². The van der Waals surface area contributed by atoms with Crippen molar-refractivity contribution >= 4 is 27.9 Å². The van der Waals surface area contributed by atoms with E-state index in [2.05, 4.69) is 43.9 Å². The molecule has 2 aromatic rings. The normalized spacial score (nSPS) is 16.7. The Morgan fingerprint density at radius 3 is 2.76 bits per heavy atom. The first kappa shape index (κ1) is 14.3. The smallest absolute Gasteiger partial charge is 0.190 e. The van der Waals surface area contributed by atoms with Crippen LogP contribution in [0, 0.1) is 12.3 Å². The molecule has 0 N–H and O–H groups in total. The summed E-state index contributed by atoms with van der Waals surface area (Å²) in [5, 5.41) is 0.900. The summed E-state index contributed by atoms with van der Waals surface area (Å²) in [6, 6.07) is 8.32. The molecule has 21 heavy (non-hydrogen) atoms. The Hall–Kier alpha value is -1.68. The number of hydrogen-bond acceptors (Lipinski definition) is 4. The van der Waals surface area contributed by atoms with Crippen molar-refractivity contribution in [3.63, 3.8) is 0 Å². The summed E-state index contributed by atoms with van der Waals surface area (Å²) >= 11 is 1.52. The molecule has 0 atom stereocenters. The maximum atomic E-state index is 12.3. The molecule has 0 saturated carbocycles. The second-order valence-electron chi connectivity index (χ2n) is 6.61. The fourth-order valence-corrected chi connectivity index (χ4v) is 3.80. The summed E-state index contributed by atoms with van der Waals surface area (Å²) in [5.41, 5.74) is 3.32. The largest absolute Gasteiger partial charge is 0.321 e. The summed E-state index contributed by atoms with van der Waals surface area (Å²) in [7, 11) is 2.01. The first-order chi connectivity index (χ1) is 9.85. The van der Waals surface area contributed by atoms with Crippen LogP contribution in [-0.2, 0) is 6.42 Å². The number of aryl methyl sites for hydroxylation is 1. The third kappa shape index (κ3) is 2.72. The van der Waals surface area contributed by atoms with E-state index in [-0.39, 0.29) is 11.2 Å². The van der Waals surface area contributed by atoms with Crippen LogP contribution in [-0.4, -0.2) is 17.8 Å². The molecule has 3 rings (SSSR count). The first-order valence-corrected chi connectivity index (χ1v) is 8.01. The first-order valence-electron chi connectivity index (χ1n) is 7.19. The molecule has 4 heteroatoms. The standard InChI is InChI=1S/C17H20N2OS/c1-11-6-5-7-12(8-11)19(4)16-18-13-9-17(2,3)10-14(20)15(13)21-16/h5-8H,9-10H2,1-4H3. The van der Waals surface area contributed by atoms with Crippen LogP contribution in [0.2, 0.25) is 0 Å². The molecule has 1 aromatic carbocycles. The van der Waals surface area contributed by atoms with E-state index in [0.717, 1.165) is 27.8 Å². The number of Topliss-reactive ketones (excluding diaryl/α,β-unsaturated/α-hetero) is 1. The highest BCUT2D eigenvalue weighted by Crippen LogP contribution is 2.40. The van der Waals surface area contributed by atoms with Gasteiger partial charge in [-0.1, -0.05) is 37.3 Å². The number of carbonyl (C=O) groups is 1. The minimum absolute atomic E-state index is 0.0251. The molecule has 1 aliphatic rings. The lowest BCUT2D eigenvalue weighted by Crippen LogP contribution is -2.26. The number of thiazole rings is 1. The van der Waals surface area contributed by atoms with E-state index >= 15 is 0 Å². The second kappa shape index (κ2) is 4.95. The van der Waals surface area contributed by atoms with Gasteiger partial charge in [-0.3, -0.25) is 4.79 Å². The lowest BCUT2D eigenvalue weighted by molar-refractivity contribution is 0.0916. The maximum absolute atomic E-state index is 12.3. The van der Waals surface area contributed by atoms with E-state index < -0.39 is 0 Å². The van der Waals surface area contributed by atoms with Crippen LogP contribution in [0.1, 0.15) is 41.2 Å². The molecule has 0 radical (unpaired) electrons. The molecule has 0 aliphatic heterocycles. The van der Waals surface area contributed by atoms with Crippen LogP contribution in [0.3, 0.4) is 0 Å². The molecule has 1 aliphatic carbocycles. The topological polar surface area (TPSA) is 33.2 Å². The predicted octanol–water partition coefficient (Wildman–Crippen LogP) is 4.37. The highest BCUT2D eigenvalue weighted by atomic mass is 32.1. The number of carbonyl (C=O) groups excluding carboxylic acids is 1. The average molecular weight is 300 g/mol. The van der Waals surface area contributed by atoms with Gasteiger partial charge in [0.25, 0.3) is 0 Å². The lowest BCUT2D eigenvalue weighted by atomic mass is 9.78. The fraction of sp³-hybridized carbons (Fsp3) is 0.412. The molecule has 1 heterocycles. The fourth-order valence-electron chi connectivity index (χ4n) is 2.80. The van der Waals surface area contributed by atoms with E-state index in [1.807, 2.05) is 13.1 Å². The van der Waals surface area contributed by atoms with Crippen LogP contribution in [0.4, 0.5) is 10.8 Å². The molecule has 0 fully saturated rings. The molecule has 0 bridgehead atoms. The molecule has 0 unspecified atom stereocenters. The van der Waals surface area contributed by atoms with Crippen LogP contribution in [0.5, 0.6) is 0 Å². The predicted molar refractivity (Wildman–Crippen MR) is 87.8 cm³/mol. The van der Waals surface area contributed by atoms with Gasteiger partial charge in [-0.05, 0) is 36.5 Å². The molecule has 110 valence electrons. The van der Waals surface area contributed by atoms with Gasteiger partial charge in [-0.15, -0.1) is 0 Å². The van der Waals surface area contributed by atoms with Crippen molar-refractivity contribution < 1.29 is 4.79 Å². The van der Waals surface area contributed by atoms with Crippen molar-refractivity contribution in [1.82, 2.24) is 4.98 Å². The molecular weight excluding hydrogens is 280 g/mol. The van der Waals surface area contributed by atoms with Gasteiger partial charge in [-0.25, -0.2) is 4.98 Å². The van der Waals surface area contributed by atoms with Gasteiger partial charge in [0, 0.05) is 19.2 Å². The summed E-state index contributed by atoms with van der Waals surface area (Å²) in [4.78, 5) is 19.9. The van der Waals surface area contributed by atoms with Gasteiger partial charge in [0.2, 0.25) is 0 Å². The minimum atomic E-state index is 0.0251. The molecule has 0 saturated heterocycles. The molecular formula is C17H20N2OS. The van der Waals surface area contributed by atoms with Crippen molar-refractivity contribution in [3.8, 4) is 0 Å². The van der Waals surface area contributed by atoms with Crippen LogP contribution >= 0.6 is 11.3 Å². The minimum Gasteiger partial charge on any atom is -0.321 e. The second-order valence-corrected chi connectivity index (χ2v) is 7.59. The SMILES string of the molecule is Cc1cccc(N(C)c2nc3c(s2)C(=O)CC(C)(C)C3)c1. The van der Waals surface area contributed by atoms with Gasteiger partial charge in [0.15, 0.2) is 10.9 Å². The van der Waals surface area contributed by atoms with Crippen molar-refractivity contribution in [1.29, 1.82) is 0 Å². The number of ketones is 1. The quantitative estimate of drug-likeness (QED) is 0.825. The number of rotatable bonds is 2. The summed E-state index contributed by atoms with van der Waals surface area (Å²) in [6.07, 6.45) is 1.50. The van der Waals surface area contributed by atoms with Gasteiger partial charge in [0.1, 0.15) is 0 Å². The Labute approximate surface area is 129 Å². The summed E-state index contributed by atoms with van der Waals surface area (Å²) < 4.78 is 0. The van der Waals surface area contributed by atoms with Gasteiger partial charge < -0.3 is 4.90 Å². The van der Waals surface area contributed by atoms with Gasteiger partial charge in [0.05, 0.1) is 10.6 Å². The van der Waals surface area contributed by atoms with E-state index in [4.69, 9.17) is 4.98 Å². The third-order valence-corrected chi connectivity index (χ3v) is 5.12. The van der Waals surface area contributed by atoms with Crippen molar-refractivity contribution in [3.05, 3.63) is 40.4 Å². The Kier molecular flexibility index (Phi) is 3.36. The van der Waals surface area contributed by atoms with E-state index in [9.17, 15) is 4.79 Å². The van der Waals surface area contributed by atoms with Crippen LogP contribution in [0.25, 0.3) is 0 Å². The van der Waals surface area contributed by atoms with Crippen molar-refractivity contribution in [2.45, 2.75) is 33.6 Å². The van der Waals surface area contributed by atoms with E-state index in [1.54, 1.807) is 0 Å². The zero-order valence-electron chi connectivity index (χ0n) is 12.9. The van der Waals surface area contributed by atoms with Gasteiger partial charge in [-0.2, -0.15) is 0 Å². The van der Waals surface area contributed by atoms with E-state index in [0.29, 0.717) is 6.42 Å². The number of hydrogen-bond donors (Lipinski definition) is 0. The number of fused-ring (bicyclic) bond motifs is 1. The summed E-state index contributed by atoms with van der Waals surface area (Å²) in [6.45, 7) is 6.35. The number of anilines is 2. The maximum Gasteiger partial charge on any atom is 0.190 e. The Morgan fingerprint density at radius 2 is 2.05 bits per heavy atom.